The highest BCUT2D eigenvalue weighted by molar-refractivity contribution is 7.99. The van der Waals surface area contributed by atoms with Crippen LogP contribution in [0.1, 0.15) is 0 Å². The van der Waals surface area contributed by atoms with E-state index >= 15 is 0 Å². The van der Waals surface area contributed by atoms with Crippen LogP contribution in [0, 0.1) is 0 Å². The molecule has 0 fully saturated rings. The highest BCUT2D eigenvalue weighted by atomic mass is 32.2. The lowest BCUT2D eigenvalue weighted by molar-refractivity contribution is -0.131. The summed E-state index contributed by atoms with van der Waals surface area (Å²) in [6.07, 6.45) is 1.68. The van der Waals surface area contributed by atoms with E-state index in [1.807, 2.05) is 48.5 Å². The van der Waals surface area contributed by atoms with Crippen LogP contribution in [0.15, 0.2) is 66.0 Å². The van der Waals surface area contributed by atoms with Crippen LogP contribution >= 0.6 is 11.8 Å². The van der Waals surface area contributed by atoms with Crippen LogP contribution in [0.5, 0.6) is 5.75 Å². The zero-order valence-corrected chi connectivity index (χ0v) is 13.4. The lowest BCUT2D eigenvalue weighted by Gasteiger charge is -2.06. The van der Waals surface area contributed by atoms with Gasteiger partial charge in [0.15, 0.2) is 10.9 Å². The number of nitrogens with zero attached hydrogens (tertiary/aromatic N) is 2. The Bertz CT molecular complexity index is 991. The van der Waals surface area contributed by atoms with E-state index in [9.17, 15) is 4.79 Å². The molecule has 118 valence electrons. The Kier molecular flexibility index (Phi) is 3.88. The summed E-state index contributed by atoms with van der Waals surface area (Å²) >= 11 is 1.32. The van der Waals surface area contributed by atoms with Crippen molar-refractivity contribution in [1.82, 2.24) is 15.0 Å². The topological polar surface area (TPSA) is 67.9 Å². The van der Waals surface area contributed by atoms with Gasteiger partial charge in [0.2, 0.25) is 0 Å². The summed E-state index contributed by atoms with van der Waals surface area (Å²) in [4.78, 5) is 24.0. The molecule has 0 unspecified atom stereocenters. The minimum absolute atomic E-state index is 0.170. The van der Waals surface area contributed by atoms with Crippen molar-refractivity contribution >= 4 is 39.7 Å². The van der Waals surface area contributed by atoms with Crippen molar-refractivity contribution in [3.63, 3.8) is 0 Å². The van der Waals surface area contributed by atoms with Crippen molar-refractivity contribution in [2.24, 2.45) is 0 Å². The van der Waals surface area contributed by atoms with Gasteiger partial charge in [0.1, 0.15) is 5.52 Å². The summed E-state index contributed by atoms with van der Waals surface area (Å²) in [7, 11) is 0. The first-order valence-corrected chi connectivity index (χ1v) is 8.40. The molecule has 4 rings (SSSR count). The van der Waals surface area contributed by atoms with Gasteiger partial charge in [-0.05, 0) is 24.3 Å². The predicted molar refractivity (Wildman–Crippen MR) is 94.2 cm³/mol. The van der Waals surface area contributed by atoms with Crippen molar-refractivity contribution in [3.8, 4) is 5.75 Å². The molecule has 1 N–H and O–H groups in total. The lowest BCUT2D eigenvalue weighted by atomic mass is 10.2. The maximum Gasteiger partial charge on any atom is 0.321 e. The lowest BCUT2D eigenvalue weighted by Crippen LogP contribution is -2.11. The summed E-state index contributed by atoms with van der Waals surface area (Å²) in [5.41, 5.74) is 2.51. The molecule has 0 aliphatic heterocycles. The van der Waals surface area contributed by atoms with Gasteiger partial charge in [-0.1, -0.05) is 42.1 Å². The standard InChI is InChI=1S/C18H13N3O2S/c22-16(11-24-18-20-13-7-1-2-8-14(13)21-18)23-15-9-3-5-12-6-4-10-19-17(12)15/h1-10H,11H2,(H,20,21). The van der Waals surface area contributed by atoms with Gasteiger partial charge in [-0.25, -0.2) is 4.98 Å². The Morgan fingerprint density at radius 2 is 1.96 bits per heavy atom. The van der Waals surface area contributed by atoms with E-state index in [2.05, 4.69) is 15.0 Å². The van der Waals surface area contributed by atoms with E-state index in [0.717, 1.165) is 16.4 Å². The Morgan fingerprint density at radius 3 is 2.88 bits per heavy atom. The van der Waals surface area contributed by atoms with Crippen LogP contribution in [0.2, 0.25) is 0 Å². The molecule has 4 aromatic rings. The van der Waals surface area contributed by atoms with Gasteiger partial charge in [0.05, 0.1) is 16.8 Å². The minimum Gasteiger partial charge on any atom is -0.424 e. The number of rotatable bonds is 4. The predicted octanol–water partition coefficient (Wildman–Crippen LogP) is 3.81. The molecule has 2 aromatic heterocycles. The number of hydrogen-bond donors (Lipinski definition) is 1. The molecule has 0 amide bonds. The smallest absolute Gasteiger partial charge is 0.321 e. The first-order valence-electron chi connectivity index (χ1n) is 7.41. The second-order valence-electron chi connectivity index (χ2n) is 5.15. The van der Waals surface area contributed by atoms with Crippen LogP contribution in [-0.4, -0.2) is 26.7 Å². The van der Waals surface area contributed by atoms with Gasteiger partial charge >= 0.3 is 5.97 Å². The molecule has 0 atom stereocenters. The second-order valence-corrected chi connectivity index (χ2v) is 6.12. The third-order valence-corrected chi connectivity index (χ3v) is 4.36. The zero-order chi connectivity index (χ0) is 16.4. The number of para-hydroxylation sites is 3. The van der Waals surface area contributed by atoms with Crippen LogP contribution < -0.4 is 4.74 Å². The number of carbonyl (C=O) groups excluding carboxylic acids is 1. The van der Waals surface area contributed by atoms with Crippen LogP contribution in [-0.2, 0) is 4.79 Å². The monoisotopic (exact) mass is 335 g/mol. The summed E-state index contributed by atoms with van der Waals surface area (Å²) in [6, 6.07) is 17.1. The molecule has 24 heavy (non-hydrogen) atoms. The minimum atomic E-state index is -0.335. The molecule has 0 spiro atoms. The van der Waals surface area contributed by atoms with Crippen LogP contribution in [0.25, 0.3) is 21.9 Å². The summed E-state index contributed by atoms with van der Waals surface area (Å²) < 4.78 is 5.46. The fraction of sp³-hybridized carbons (Fsp3) is 0.0556. The van der Waals surface area contributed by atoms with Gasteiger partial charge in [-0.15, -0.1) is 0 Å². The molecular weight excluding hydrogens is 322 g/mol. The first-order chi connectivity index (χ1) is 11.8. The summed E-state index contributed by atoms with van der Waals surface area (Å²) in [5, 5.41) is 1.64. The van der Waals surface area contributed by atoms with E-state index in [4.69, 9.17) is 4.74 Å². The molecule has 6 heteroatoms. The van der Waals surface area contributed by atoms with Gasteiger partial charge in [-0.3, -0.25) is 9.78 Å². The quantitative estimate of drug-likeness (QED) is 0.349. The average Bonchev–Trinajstić information content (AvgIpc) is 3.03. The first kappa shape index (κ1) is 14.7. The number of benzene rings is 2. The molecule has 0 radical (unpaired) electrons. The molecule has 0 bridgehead atoms. The molecule has 0 aliphatic carbocycles. The Morgan fingerprint density at radius 1 is 1.08 bits per heavy atom. The highest BCUT2D eigenvalue weighted by Gasteiger charge is 2.11. The number of pyridine rings is 1. The summed E-state index contributed by atoms with van der Waals surface area (Å²) in [5.74, 6) is 0.310. The van der Waals surface area contributed by atoms with Gasteiger partial charge in [0, 0.05) is 11.6 Å². The number of aromatic amines is 1. The Hall–Kier alpha value is -2.86. The number of imidazole rings is 1. The van der Waals surface area contributed by atoms with Crippen molar-refractivity contribution in [2.45, 2.75) is 5.16 Å². The van der Waals surface area contributed by atoms with E-state index in [-0.39, 0.29) is 11.7 Å². The Labute approximate surface area is 142 Å². The molecule has 0 saturated heterocycles. The van der Waals surface area contributed by atoms with E-state index in [1.165, 1.54) is 11.8 Å². The number of esters is 1. The largest absolute Gasteiger partial charge is 0.424 e. The average molecular weight is 335 g/mol. The van der Waals surface area contributed by atoms with Crippen molar-refractivity contribution in [3.05, 3.63) is 60.8 Å². The second kappa shape index (κ2) is 6.33. The molecule has 0 saturated carbocycles. The van der Waals surface area contributed by atoms with Crippen molar-refractivity contribution < 1.29 is 9.53 Å². The van der Waals surface area contributed by atoms with Gasteiger partial charge in [0.25, 0.3) is 0 Å². The highest BCUT2D eigenvalue weighted by Crippen LogP contribution is 2.24. The number of thioether (sulfide) groups is 1. The number of hydrogen-bond acceptors (Lipinski definition) is 5. The number of H-pyrrole nitrogens is 1. The molecule has 2 heterocycles. The number of carbonyl (C=O) groups is 1. The van der Waals surface area contributed by atoms with Crippen LogP contribution in [0.3, 0.4) is 0 Å². The molecule has 0 aliphatic rings. The van der Waals surface area contributed by atoms with E-state index in [1.54, 1.807) is 12.3 Å². The number of ether oxygens (including phenoxy) is 1. The Balaban J connectivity index is 1.46. The SMILES string of the molecule is O=C(CSc1nc2ccccc2[nH]1)Oc1cccc2cccnc12. The molecular formula is C18H13N3O2S. The molecule has 2 aromatic carbocycles. The fourth-order valence-corrected chi connectivity index (χ4v) is 3.09. The third kappa shape index (κ3) is 2.96. The maximum atomic E-state index is 12.1. The van der Waals surface area contributed by atoms with E-state index < -0.39 is 0 Å². The number of fused-ring (bicyclic) bond motifs is 2. The third-order valence-electron chi connectivity index (χ3n) is 3.51. The maximum absolute atomic E-state index is 12.1. The van der Waals surface area contributed by atoms with Crippen molar-refractivity contribution in [1.29, 1.82) is 0 Å². The van der Waals surface area contributed by atoms with E-state index in [0.29, 0.717) is 16.4 Å². The normalized spacial score (nSPS) is 11.0. The number of aromatic nitrogens is 3. The van der Waals surface area contributed by atoms with Crippen LogP contribution in [0.4, 0.5) is 0 Å². The zero-order valence-electron chi connectivity index (χ0n) is 12.6. The van der Waals surface area contributed by atoms with Gasteiger partial charge < -0.3 is 9.72 Å². The fourth-order valence-electron chi connectivity index (χ4n) is 2.44. The summed E-state index contributed by atoms with van der Waals surface area (Å²) in [6.45, 7) is 0. The molecule has 5 nitrogen and oxygen atoms in total. The van der Waals surface area contributed by atoms with Crippen molar-refractivity contribution in [2.75, 3.05) is 5.75 Å². The van der Waals surface area contributed by atoms with Gasteiger partial charge in [-0.2, -0.15) is 0 Å². The number of nitrogens with one attached hydrogen (secondary N) is 1.